The van der Waals surface area contributed by atoms with Crippen LogP contribution in [0.2, 0.25) is 0 Å². The normalized spacial score (nSPS) is 14.0. The summed E-state index contributed by atoms with van der Waals surface area (Å²) in [6, 6.07) is 7.36. The summed E-state index contributed by atoms with van der Waals surface area (Å²) in [6.45, 7) is 2.57. The molecular formula is C15H18N4O2. The van der Waals surface area contributed by atoms with Crippen molar-refractivity contribution < 1.29 is 9.53 Å². The number of benzene rings is 1. The molecule has 6 nitrogen and oxygen atoms in total. The number of fused-ring (bicyclic) bond motifs is 1. The van der Waals surface area contributed by atoms with Gasteiger partial charge in [-0.25, -0.2) is 0 Å². The Morgan fingerprint density at radius 2 is 2.19 bits per heavy atom. The van der Waals surface area contributed by atoms with Gasteiger partial charge in [0.2, 0.25) is 0 Å². The molecule has 2 aromatic rings. The molecule has 0 fully saturated rings. The number of hydrogen-bond donors (Lipinski definition) is 1. The van der Waals surface area contributed by atoms with E-state index in [2.05, 4.69) is 12.0 Å². The van der Waals surface area contributed by atoms with Crippen molar-refractivity contribution in [3.05, 3.63) is 35.7 Å². The summed E-state index contributed by atoms with van der Waals surface area (Å²) in [6.07, 6.45) is 0.869. The van der Waals surface area contributed by atoms with Crippen LogP contribution < -0.4 is 15.4 Å². The fraction of sp³-hybridized carbons (Fsp3) is 0.333. The second kappa shape index (κ2) is 5.12. The maximum absolute atomic E-state index is 12.2. The van der Waals surface area contributed by atoms with E-state index in [1.807, 2.05) is 17.8 Å². The van der Waals surface area contributed by atoms with Gasteiger partial charge in [0.05, 0.1) is 23.6 Å². The molecule has 1 aromatic heterocycles. The van der Waals surface area contributed by atoms with Crippen molar-refractivity contribution in [1.82, 2.24) is 9.78 Å². The first-order chi connectivity index (χ1) is 10.1. The third kappa shape index (κ3) is 2.44. The molecule has 0 unspecified atom stereocenters. The molecular weight excluding hydrogens is 268 g/mol. The second-order valence-electron chi connectivity index (χ2n) is 5.10. The maximum atomic E-state index is 12.2. The third-order valence-corrected chi connectivity index (χ3v) is 3.64. The van der Waals surface area contributed by atoms with Gasteiger partial charge in [-0.1, -0.05) is 6.92 Å². The van der Waals surface area contributed by atoms with Gasteiger partial charge in [-0.15, -0.1) is 0 Å². The number of aryl methyl sites for hydroxylation is 2. The molecule has 0 atom stereocenters. The minimum Gasteiger partial charge on any atom is -0.482 e. The Labute approximate surface area is 123 Å². The zero-order valence-corrected chi connectivity index (χ0v) is 12.2. The monoisotopic (exact) mass is 286 g/mol. The Hall–Kier alpha value is -2.50. The number of aromatic nitrogens is 2. The zero-order valence-electron chi connectivity index (χ0n) is 12.2. The number of nitrogen functional groups attached to an aromatic ring is 1. The molecule has 0 saturated heterocycles. The lowest BCUT2D eigenvalue weighted by molar-refractivity contribution is -0.121. The molecule has 0 aliphatic carbocycles. The quantitative estimate of drug-likeness (QED) is 0.868. The molecule has 1 amide bonds. The first-order valence-electron chi connectivity index (χ1n) is 6.93. The average molecular weight is 286 g/mol. The SMILES string of the molecule is CCc1cc(CN2C(=O)COc3ccc(N)cc32)n(C)n1. The van der Waals surface area contributed by atoms with E-state index < -0.39 is 0 Å². The number of hydrogen-bond acceptors (Lipinski definition) is 4. The summed E-state index contributed by atoms with van der Waals surface area (Å²) < 4.78 is 7.26. The van der Waals surface area contributed by atoms with E-state index in [1.165, 1.54) is 0 Å². The van der Waals surface area contributed by atoms with Crippen LogP contribution in [-0.2, 0) is 24.8 Å². The molecule has 6 heteroatoms. The molecule has 0 spiro atoms. The average Bonchev–Trinajstić information content (AvgIpc) is 2.82. The Morgan fingerprint density at radius 3 is 2.90 bits per heavy atom. The first-order valence-corrected chi connectivity index (χ1v) is 6.93. The summed E-state index contributed by atoms with van der Waals surface area (Å²) in [5.74, 6) is 0.606. The highest BCUT2D eigenvalue weighted by Crippen LogP contribution is 2.34. The largest absolute Gasteiger partial charge is 0.482 e. The van der Waals surface area contributed by atoms with Crippen LogP contribution in [0.25, 0.3) is 0 Å². The van der Waals surface area contributed by atoms with Crippen LogP contribution in [-0.4, -0.2) is 22.3 Å². The molecule has 0 saturated carbocycles. The number of rotatable bonds is 3. The predicted octanol–water partition coefficient (Wildman–Crippen LogP) is 1.49. The van der Waals surface area contributed by atoms with Crippen LogP contribution in [0.1, 0.15) is 18.3 Å². The fourth-order valence-electron chi connectivity index (χ4n) is 2.45. The van der Waals surface area contributed by atoms with Gasteiger partial charge in [-0.3, -0.25) is 14.4 Å². The van der Waals surface area contributed by atoms with Gasteiger partial charge in [-0.2, -0.15) is 5.10 Å². The fourth-order valence-corrected chi connectivity index (χ4v) is 2.45. The van der Waals surface area contributed by atoms with Crippen molar-refractivity contribution >= 4 is 17.3 Å². The molecule has 0 radical (unpaired) electrons. The van der Waals surface area contributed by atoms with Crippen molar-refractivity contribution in [1.29, 1.82) is 0 Å². The van der Waals surface area contributed by atoms with Gasteiger partial charge in [0, 0.05) is 12.7 Å². The molecule has 1 aliphatic heterocycles. The van der Waals surface area contributed by atoms with Gasteiger partial charge >= 0.3 is 0 Å². The van der Waals surface area contributed by atoms with Crippen LogP contribution in [0, 0.1) is 0 Å². The van der Waals surface area contributed by atoms with E-state index in [0.717, 1.165) is 17.8 Å². The van der Waals surface area contributed by atoms with Crippen LogP contribution in [0.3, 0.4) is 0 Å². The standard InChI is InChI=1S/C15H18N4O2/c1-3-11-7-12(18(2)17-11)8-19-13-6-10(16)4-5-14(13)21-9-15(19)20/h4-7H,3,8-9,16H2,1-2H3. The highest BCUT2D eigenvalue weighted by Gasteiger charge is 2.26. The summed E-state index contributed by atoms with van der Waals surface area (Å²) in [7, 11) is 1.89. The molecule has 1 aromatic carbocycles. The van der Waals surface area contributed by atoms with E-state index in [4.69, 9.17) is 10.5 Å². The Kier molecular flexibility index (Phi) is 3.29. The number of amides is 1. The molecule has 3 rings (SSSR count). The number of nitrogens with zero attached hydrogens (tertiary/aromatic N) is 3. The van der Waals surface area contributed by atoms with Gasteiger partial charge < -0.3 is 10.5 Å². The molecule has 1 aliphatic rings. The third-order valence-electron chi connectivity index (χ3n) is 3.64. The highest BCUT2D eigenvalue weighted by molar-refractivity contribution is 5.98. The number of carbonyl (C=O) groups excluding carboxylic acids is 1. The van der Waals surface area contributed by atoms with Crippen LogP contribution >= 0.6 is 0 Å². The van der Waals surface area contributed by atoms with Gasteiger partial charge in [0.15, 0.2) is 6.61 Å². The number of carbonyl (C=O) groups is 1. The summed E-state index contributed by atoms with van der Waals surface area (Å²) in [5.41, 5.74) is 9.15. The van der Waals surface area contributed by atoms with Crippen LogP contribution in [0.15, 0.2) is 24.3 Å². The van der Waals surface area contributed by atoms with Crippen molar-refractivity contribution in [3.8, 4) is 5.75 Å². The first kappa shape index (κ1) is 13.5. The molecule has 0 bridgehead atoms. The highest BCUT2D eigenvalue weighted by atomic mass is 16.5. The number of anilines is 2. The van der Waals surface area contributed by atoms with Crippen LogP contribution in [0.4, 0.5) is 11.4 Å². The summed E-state index contributed by atoms with van der Waals surface area (Å²) in [5, 5.41) is 4.42. The topological polar surface area (TPSA) is 73.4 Å². The van der Waals surface area contributed by atoms with Crippen LogP contribution in [0.5, 0.6) is 5.75 Å². The lowest BCUT2D eigenvalue weighted by atomic mass is 10.2. The number of ether oxygens (including phenoxy) is 1. The van der Waals surface area contributed by atoms with Gasteiger partial charge in [0.25, 0.3) is 5.91 Å². The van der Waals surface area contributed by atoms with E-state index >= 15 is 0 Å². The Bertz CT molecular complexity index is 693. The van der Waals surface area contributed by atoms with E-state index in [1.54, 1.807) is 23.1 Å². The van der Waals surface area contributed by atoms with Crippen molar-refractivity contribution in [2.24, 2.45) is 7.05 Å². The van der Waals surface area contributed by atoms with Crippen molar-refractivity contribution in [2.45, 2.75) is 19.9 Å². The van der Waals surface area contributed by atoms with Crippen molar-refractivity contribution in [3.63, 3.8) is 0 Å². The molecule has 2 N–H and O–H groups in total. The Balaban J connectivity index is 1.96. The number of nitrogens with two attached hydrogens (primary N) is 1. The van der Waals surface area contributed by atoms with Gasteiger partial charge in [0.1, 0.15) is 5.75 Å². The molecule has 2 heterocycles. The second-order valence-corrected chi connectivity index (χ2v) is 5.10. The summed E-state index contributed by atoms with van der Waals surface area (Å²) in [4.78, 5) is 13.9. The lowest BCUT2D eigenvalue weighted by Gasteiger charge is -2.29. The maximum Gasteiger partial charge on any atom is 0.265 e. The summed E-state index contributed by atoms with van der Waals surface area (Å²) >= 11 is 0. The smallest absolute Gasteiger partial charge is 0.265 e. The van der Waals surface area contributed by atoms with Crippen molar-refractivity contribution in [2.75, 3.05) is 17.2 Å². The Morgan fingerprint density at radius 1 is 1.38 bits per heavy atom. The van der Waals surface area contributed by atoms with Gasteiger partial charge in [-0.05, 0) is 30.7 Å². The molecule has 110 valence electrons. The van der Waals surface area contributed by atoms with E-state index in [0.29, 0.717) is 23.7 Å². The zero-order chi connectivity index (χ0) is 15.0. The predicted molar refractivity (Wildman–Crippen MR) is 80.1 cm³/mol. The van der Waals surface area contributed by atoms with E-state index in [-0.39, 0.29) is 12.5 Å². The van der Waals surface area contributed by atoms with E-state index in [9.17, 15) is 4.79 Å². The molecule has 21 heavy (non-hydrogen) atoms. The minimum absolute atomic E-state index is 0.0510. The minimum atomic E-state index is -0.0765. The lowest BCUT2D eigenvalue weighted by Crippen LogP contribution is -2.38.